The number of phosphoric acid groups is 1. The molecule has 2 aliphatic heterocycles. The van der Waals surface area contributed by atoms with Crippen LogP contribution in [0, 0.1) is 0 Å². The summed E-state index contributed by atoms with van der Waals surface area (Å²) in [7, 11) is -4.36. The quantitative estimate of drug-likeness (QED) is 0.303. The van der Waals surface area contributed by atoms with Gasteiger partial charge in [0.1, 0.15) is 18.3 Å². The number of hydrogen-bond acceptors (Lipinski definition) is 10. The first kappa shape index (κ1) is 20.0. The minimum Gasteiger partial charge on any atom is -0.386 e. The molecule has 0 radical (unpaired) electrons. The Balaban J connectivity index is 1.68. The average molecular weight is 449 g/mol. The van der Waals surface area contributed by atoms with Crippen molar-refractivity contribution in [2.75, 3.05) is 12.3 Å². The van der Waals surface area contributed by atoms with Crippen LogP contribution < -0.4 is 11.3 Å². The molecule has 162 valence electrons. The molecular formula is C17H16N5O8P. The molecule has 0 aliphatic carbocycles. The summed E-state index contributed by atoms with van der Waals surface area (Å²) in [5, 5.41) is 10.8. The molecule has 0 spiro atoms. The van der Waals surface area contributed by atoms with Gasteiger partial charge in [-0.1, -0.05) is 30.3 Å². The Morgan fingerprint density at radius 1 is 1.29 bits per heavy atom. The van der Waals surface area contributed by atoms with Gasteiger partial charge >= 0.3 is 7.82 Å². The van der Waals surface area contributed by atoms with Crippen LogP contribution in [-0.2, 0) is 18.3 Å². The number of anilines is 1. The second kappa shape index (κ2) is 7.05. The zero-order chi connectivity index (χ0) is 21.9. The predicted octanol–water partition coefficient (Wildman–Crippen LogP) is -0.293. The van der Waals surface area contributed by atoms with E-state index in [9.17, 15) is 24.2 Å². The van der Waals surface area contributed by atoms with Gasteiger partial charge in [0.2, 0.25) is 11.7 Å². The van der Waals surface area contributed by atoms with E-state index >= 15 is 0 Å². The van der Waals surface area contributed by atoms with Crippen molar-refractivity contribution in [1.82, 2.24) is 19.5 Å². The van der Waals surface area contributed by atoms with E-state index < -0.39 is 43.7 Å². The minimum absolute atomic E-state index is 0.101. The summed E-state index contributed by atoms with van der Waals surface area (Å²) in [5.41, 5.74) is 4.96. The molecule has 4 heterocycles. The van der Waals surface area contributed by atoms with E-state index in [0.717, 1.165) is 4.57 Å². The van der Waals surface area contributed by atoms with Gasteiger partial charge in [0.25, 0.3) is 5.56 Å². The third-order valence-electron chi connectivity index (χ3n) is 5.03. The Kier molecular flexibility index (Phi) is 4.55. The number of phosphoric ester groups is 1. The Morgan fingerprint density at radius 3 is 2.77 bits per heavy atom. The summed E-state index contributed by atoms with van der Waals surface area (Å²) in [6, 6.07) is 8.16. The highest BCUT2D eigenvalue weighted by Gasteiger charge is 2.53. The maximum absolute atomic E-state index is 13.2. The van der Waals surface area contributed by atoms with Crippen molar-refractivity contribution in [3.8, 4) is 0 Å². The number of ether oxygens (including phenoxy) is 1. The highest BCUT2D eigenvalue weighted by atomic mass is 31.2. The number of aromatic amines is 1. The molecule has 1 unspecified atom stereocenters. The molecule has 0 bridgehead atoms. The first-order chi connectivity index (χ1) is 14.7. The number of imidazole rings is 1. The standard InChI is InChI=1S/C17H16N5O8P/c18-17-20-13-9(15(25)21-17)19-14(10(23)7-4-2-1-3-5-7)22(13)16-11(24)12-8(29-16)6-28-31(26,27)30-12/h1-5,8,11-12,16,24H,6H2,(H,26,27)(H3,18,20,21,25)/t8-,11-,12-,16-/m1/s1. The van der Waals surface area contributed by atoms with Gasteiger partial charge in [0.15, 0.2) is 23.2 Å². The number of carbonyl (C=O) groups is 1. The molecular weight excluding hydrogens is 433 g/mol. The third-order valence-corrected chi connectivity index (χ3v) is 6.01. The number of benzene rings is 1. The SMILES string of the molecule is Nc1nc2c(nc(C(=O)c3ccccc3)n2[C@@H]2O[C@@H]3COP(=O)(O)O[C@H]3[C@H]2O)c(=O)[nH]1. The van der Waals surface area contributed by atoms with Gasteiger partial charge < -0.3 is 20.5 Å². The van der Waals surface area contributed by atoms with Crippen molar-refractivity contribution in [3.05, 3.63) is 52.1 Å². The molecule has 3 aromatic rings. The Bertz CT molecular complexity index is 1290. The highest BCUT2D eigenvalue weighted by Crippen LogP contribution is 2.52. The number of H-pyrrole nitrogens is 1. The largest absolute Gasteiger partial charge is 0.472 e. The molecule has 14 heteroatoms. The summed E-state index contributed by atoms with van der Waals surface area (Å²) in [6.45, 7) is -0.323. The van der Waals surface area contributed by atoms with E-state index in [0.29, 0.717) is 0 Å². The first-order valence-corrected chi connectivity index (χ1v) is 10.6. The van der Waals surface area contributed by atoms with Crippen LogP contribution in [0.1, 0.15) is 22.4 Å². The van der Waals surface area contributed by atoms with Crippen molar-refractivity contribution in [3.63, 3.8) is 0 Å². The van der Waals surface area contributed by atoms with Crippen molar-refractivity contribution < 1.29 is 33.1 Å². The van der Waals surface area contributed by atoms with Gasteiger partial charge in [0.05, 0.1) is 6.61 Å². The lowest BCUT2D eigenvalue weighted by atomic mass is 10.1. The van der Waals surface area contributed by atoms with Gasteiger partial charge in [-0.3, -0.25) is 28.2 Å². The second-order valence-electron chi connectivity index (χ2n) is 7.01. The average Bonchev–Trinajstić information content (AvgIpc) is 3.25. The van der Waals surface area contributed by atoms with Crippen molar-refractivity contribution in [2.24, 2.45) is 0 Å². The number of nitrogens with one attached hydrogen (secondary N) is 1. The van der Waals surface area contributed by atoms with E-state index in [1.165, 1.54) is 0 Å². The lowest BCUT2D eigenvalue weighted by Gasteiger charge is -2.27. The molecule has 1 aromatic carbocycles. The maximum Gasteiger partial charge on any atom is 0.472 e. The summed E-state index contributed by atoms with van der Waals surface area (Å²) in [4.78, 5) is 45.6. The van der Waals surface area contributed by atoms with Crippen LogP contribution >= 0.6 is 7.82 Å². The fourth-order valence-electron chi connectivity index (χ4n) is 3.67. The van der Waals surface area contributed by atoms with Crippen LogP contribution in [0.25, 0.3) is 11.2 Å². The zero-order valence-electron chi connectivity index (χ0n) is 15.6. The molecule has 0 amide bonds. The number of rotatable bonds is 3. The number of nitrogens with two attached hydrogens (primary N) is 1. The first-order valence-electron chi connectivity index (χ1n) is 9.12. The molecule has 0 saturated carbocycles. The lowest BCUT2D eigenvalue weighted by Crippen LogP contribution is -2.39. The van der Waals surface area contributed by atoms with Gasteiger partial charge in [-0.25, -0.2) is 9.55 Å². The van der Waals surface area contributed by atoms with Crippen LogP contribution in [0.15, 0.2) is 35.1 Å². The molecule has 5 N–H and O–H groups in total. The number of nitrogen functional groups attached to an aromatic ring is 1. The lowest BCUT2D eigenvalue weighted by molar-refractivity contribution is -0.0667. The molecule has 2 fully saturated rings. The zero-order valence-corrected chi connectivity index (χ0v) is 16.5. The molecule has 5 atom stereocenters. The van der Waals surface area contributed by atoms with Gasteiger partial charge in [-0.05, 0) is 0 Å². The normalized spacial score (nSPS) is 30.4. The summed E-state index contributed by atoms with van der Waals surface area (Å²) in [6.07, 6.45) is -4.95. The molecule has 5 rings (SSSR count). The summed E-state index contributed by atoms with van der Waals surface area (Å²) >= 11 is 0. The van der Waals surface area contributed by atoms with Crippen LogP contribution in [0.5, 0.6) is 0 Å². The number of aromatic nitrogens is 4. The number of hydrogen-bond donors (Lipinski definition) is 4. The van der Waals surface area contributed by atoms with E-state index in [4.69, 9.17) is 19.5 Å². The highest BCUT2D eigenvalue weighted by molar-refractivity contribution is 7.47. The summed E-state index contributed by atoms with van der Waals surface area (Å²) in [5.74, 6) is -1.03. The van der Waals surface area contributed by atoms with Crippen molar-refractivity contribution in [1.29, 1.82) is 0 Å². The molecule has 2 aromatic heterocycles. The van der Waals surface area contributed by atoms with E-state index in [1.807, 2.05) is 0 Å². The fraction of sp³-hybridized carbons (Fsp3) is 0.294. The monoisotopic (exact) mass is 449 g/mol. The van der Waals surface area contributed by atoms with Crippen LogP contribution in [0.4, 0.5) is 5.95 Å². The number of nitrogens with zero attached hydrogens (tertiary/aromatic N) is 3. The number of aliphatic hydroxyl groups excluding tert-OH is 1. The van der Waals surface area contributed by atoms with Crippen LogP contribution in [0.2, 0.25) is 0 Å². The summed E-state index contributed by atoms with van der Waals surface area (Å²) < 4.78 is 28.4. The van der Waals surface area contributed by atoms with Crippen molar-refractivity contribution >= 4 is 30.7 Å². The van der Waals surface area contributed by atoms with Crippen molar-refractivity contribution in [2.45, 2.75) is 24.5 Å². The number of carbonyl (C=O) groups excluding carboxylic acids is 1. The topological polar surface area (TPSA) is 192 Å². The number of fused-ring (bicyclic) bond motifs is 2. The van der Waals surface area contributed by atoms with E-state index in [1.54, 1.807) is 30.3 Å². The fourth-order valence-corrected chi connectivity index (χ4v) is 4.63. The Morgan fingerprint density at radius 2 is 2.03 bits per heavy atom. The smallest absolute Gasteiger partial charge is 0.386 e. The van der Waals surface area contributed by atoms with E-state index in [2.05, 4.69) is 15.0 Å². The second-order valence-corrected chi connectivity index (χ2v) is 8.42. The van der Waals surface area contributed by atoms with Gasteiger partial charge in [-0.15, -0.1) is 0 Å². The Hall–Kier alpha value is -2.93. The van der Waals surface area contributed by atoms with Crippen LogP contribution in [-0.4, -0.2) is 60.2 Å². The Labute approximate surface area is 173 Å². The third kappa shape index (κ3) is 3.28. The molecule has 2 saturated heterocycles. The maximum atomic E-state index is 13.2. The molecule has 2 aliphatic rings. The van der Waals surface area contributed by atoms with Crippen LogP contribution in [0.3, 0.4) is 0 Å². The molecule has 13 nitrogen and oxygen atoms in total. The number of aliphatic hydroxyl groups is 1. The predicted molar refractivity (Wildman–Crippen MR) is 103 cm³/mol. The number of ketones is 1. The molecule has 31 heavy (non-hydrogen) atoms. The minimum atomic E-state index is -4.36. The van der Waals surface area contributed by atoms with E-state index in [-0.39, 0.29) is 35.1 Å². The van der Waals surface area contributed by atoms with Gasteiger partial charge in [-0.2, -0.15) is 4.98 Å². The van der Waals surface area contributed by atoms with Gasteiger partial charge in [0, 0.05) is 5.56 Å².